The molecule has 0 radical (unpaired) electrons. The standard InChI is InChI=1S/C15H14BrClN2O2/c1-9(21-12-4-2-3-10(17)7-12)15(20)19-14-6-5-11(18)8-13(14)16/h2-9H,18H2,1H3,(H,19,20). The van der Waals surface area contributed by atoms with Gasteiger partial charge in [0.25, 0.3) is 5.91 Å². The normalized spacial score (nSPS) is 11.8. The van der Waals surface area contributed by atoms with E-state index in [1.807, 2.05) is 0 Å². The highest BCUT2D eigenvalue weighted by molar-refractivity contribution is 9.10. The van der Waals surface area contributed by atoms with Gasteiger partial charge >= 0.3 is 0 Å². The van der Waals surface area contributed by atoms with Gasteiger partial charge in [-0.1, -0.05) is 17.7 Å². The van der Waals surface area contributed by atoms with E-state index >= 15 is 0 Å². The fraction of sp³-hybridized carbons (Fsp3) is 0.133. The molecule has 0 fully saturated rings. The van der Waals surface area contributed by atoms with Crippen molar-refractivity contribution in [2.45, 2.75) is 13.0 Å². The molecule has 3 N–H and O–H groups in total. The molecule has 0 saturated heterocycles. The van der Waals surface area contributed by atoms with Gasteiger partial charge in [0.05, 0.1) is 5.69 Å². The van der Waals surface area contributed by atoms with Crippen molar-refractivity contribution in [3.8, 4) is 5.75 Å². The Labute approximate surface area is 136 Å². The Morgan fingerprint density at radius 2 is 2.10 bits per heavy atom. The van der Waals surface area contributed by atoms with Crippen LogP contribution in [0.4, 0.5) is 11.4 Å². The van der Waals surface area contributed by atoms with E-state index in [2.05, 4.69) is 21.2 Å². The number of nitrogens with two attached hydrogens (primary N) is 1. The summed E-state index contributed by atoms with van der Waals surface area (Å²) in [5.41, 5.74) is 6.90. The maximum atomic E-state index is 12.1. The van der Waals surface area contributed by atoms with E-state index in [4.69, 9.17) is 22.1 Å². The number of ether oxygens (including phenoxy) is 1. The number of benzene rings is 2. The van der Waals surface area contributed by atoms with E-state index in [1.54, 1.807) is 49.4 Å². The monoisotopic (exact) mass is 368 g/mol. The van der Waals surface area contributed by atoms with E-state index in [1.165, 1.54) is 0 Å². The summed E-state index contributed by atoms with van der Waals surface area (Å²) in [6, 6.07) is 12.1. The Morgan fingerprint density at radius 1 is 1.33 bits per heavy atom. The van der Waals surface area contributed by atoms with Gasteiger partial charge in [-0.2, -0.15) is 0 Å². The summed E-state index contributed by atoms with van der Waals surface area (Å²) in [7, 11) is 0. The molecule has 0 aromatic heterocycles. The third kappa shape index (κ3) is 4.37. The topological polar surface area (TPSA) is 64.3 Å². The van der Waals surface area contributed by atoms with Crippen molar-refractivity contribution >= 4 is 44.8 Å². The lowest BCUT2D eigenvalue weighted by atomic mass is 10.2. The van der Waals surface area contributed by atoms with Crippen LogP contribution in [0, 0.1) is 0 Å². The predicted molar refractivity (Wildman–Crippen MR) is 88.7 cm³/mol. The molecule has 0 bridgehead atoms. The minimum atomic E-state index is -0.659. The summed E-state index contributed by atoms with van der Waals surface area (Å²) in [6.07, 6.45) is -0.659. The molecular weight excluding hydrogens is 356 g/mol. The Bertz CT molecular complexity index is 664. The number of nitrogen functional groups attached to an aromatic ring is 1. The zero-order chi connectivity index (χ0) is 15.4. The van der Waals surface area contributed by atoms with Crippen molar-refractivity contribution in [1.82, 2.24) is 0 Å². The third-order valence-electron chi connectivity index (χ3n) is 2.73. The van der Waals surface area contributed by atoms with Crippen LogP contribution in [-0.4, -0.2) is 12.0 Å². The molecule has 0 aliphatic rings. The van der Waals surface area contributed by atoms with Gasteiger partial charge in [-0.05, 0) is 59.3 Å². The summed E-state index contributed by atoms with van der Waals surface area (Å²) < 4.78 is 6.27. The summed E-state index contributed by atoms with van der Waals surface area (Å²) in [4.78, 5) is 12.1. The second-order valence-electron chi connectivity index (χ2n) is 4.45. The first-order chi connectivity index (χ1) is 9.95. The van der Waals surface area contributed by atoms with Crippen LogP contribution in [0.15, 0.2) is 46.9 Å². The summed E-state index contributed by atoms with van der Waals surface area (Å²) >= 11 is 9.22. The molecule has 110 valence electrons. The lowest BCUT2D eigenvalue weighted by molar-refractivity contribution is -0.122. The highest BCUT2D eigenvalue weighted by atomic mass is 79.9. The number of rotatable bonds is 4. The quantitative estimate of drug-likeness (QED) is 0.798. The van der Waals surface area contributed by atoms with Crippen molar-refractivity contribution in [3.63, 3.8) is 0 Å². The zero-order valence-corrected chi connectivity index (χ0v) is 13.6. The van der Waals surface area contributed by atoms with Crippen LogP contribution in [-0.2, 0) is 4.79 Å². The number of carbonyl (C=O) groups excluding carboxylic acids is 1. The molecule has 4 nitrogen and oxygen atoms in total. The van der Waals surface area contributed by atoms with Crippen LogP contribution in [0.5, 0.6) is 5.75 Å². The van der Waals surface area contributed by atoms with Crippen molar-refractivity contribution in [2.75, 3.05) is 11.1 Å². The Balaban J connectivity index is 2.02. The molecule has 1 atom stereocenters. The fourth-order valence-electron chi connectivity index (χ4n) is 1.67. The Kier molecular flexibility index (Phi) is 5.09. The number of hydrogen-bond donors (Lipinski definition) is 2. The van der Waals surface area contributed by atoms with E-state index in [9.17, 15) is 4.79 Å². The predicted octanol–water partition coefficient (Wildman–Crippen LogP) is 4.09. The number of anilines is 2. The van der Waals surface area contributed by atoms with Gasteiger partial charge in [0.2, 0.25) is 0 Å². The van der Waals surface area contributed by atoms with E-state index in [0.29, 0.717) is 26.6 Å². The van der Waals surface area contributed by atoms with E-state index < -0.39 is 6.10 Å². The first-order valence-corrected chi connectivity index (χ1v) is 7.41. The molecule has 1 amide bonds. The minimum absolute atomic E-state index is 0.263. The molecule has 0 saturated carbocycles. The van der Waals surface area contributed by atoms with Crippen LogP contribution in [0.2, 0.25) is 5.02 Å². The molecule has 1 unspecified atom stereocenters. The zero-order valence-electron chi connectivity index (χ0n) is 11.3. The maximum absolute atomic E-state index is 12.1. The first-order valence-electron chi connectivity index (χ1n) is 6.24. The molecule has 0 heterocycles. The van der Waals surface area contributed by atoms with Gasteiger partial charge < -0.3 is 15.8 Å². The number of halogens is 2. The maximum Gasteiger partial charge on any atom is 0.265 e. The highest BCUT2D eigenvalue weighted by Gasteiger charge is 2.16. The van der Waals surface area contributed by atoms with Crippen LogP contribution < -0.4 is 15.8 Å². The summed E-state index contributed by atoms with van der Waals surface area (Å²) in [5, 5.41) is 3.33. The second kappa shape index (κ2) is 6.83. The molecule has 21 heavy (non-hydrogen) atoms. The number of amides is 1. The molecule has 0 aliphatic carbocycles. The number of hydrogen-bond acceptors (Lipinski definition) is 3. The molecular formula is C15H14BrClN2O2. The third-order valence-corrected chi connectivity index (χ3v) is 3.62. The molecule has 2 aromatic carbocycles. The number of carbonyl (C=O) groups is 1. The van der Waals surface area contributed by atoms with Gasteiger partial charge in [0, 0.05) is 15.2 Å². The van der Waals surface area contributed by atoms with Crippen molar-refractivity contribution < 1.29 is 9.53 Å². The largest absolute Gasteiger partial charge is 0.481 e. The van der Waals surface area contributed by atoms with E-state index in [0.717, 1.165) is 0 Å². The lowest BCUT2D eigenvalue weighted by Crippen LogP contribution is -2.30. The van der Waals surface area contributed by atoms with Crippen LogP contribution in [0.25, 0.3) is 0 Å². The average Bonchev–Trinajstić information content (AvgIpc) is 2.41. The average molecular weight is 370 g/mol. The molecule has 2 aromatic rings. The summed E-state index contributed by atoms with van der Waals surface area (Å²) in [5.74, 6) is 0.280. The van der Waals surface area contributed by atoms with Gasteiger partial charge in [0.1, 0.15) is 5.75 Å². The molecule has 0 aliphatic heterocycles. The Hall–Kier alpha value is -1.72. The van der Waals surface area contributed by atoms with Gasteiger partial charge in [0.15, 0.2) is 6.10 Å². The van der Waals surface area contributed by atoms with Crippen molar-refractivity contribution in [3.05, 3.63) is 52.0 Å². The van der Waals surface area contributed by atoms with Crippen LogP contribution >= 0.6 is 27.5 Å². The molecule has 0 spiro atoms. The van der Waals surface area contributed by atoms with Crippen molar-refractivity contribution in [2.24, 2.45) is 0 Å². The fourth-order valence-corrected chi connectivity index (χ4v) is 2.34. The van der Waals surface area contributed by atoms with E-state index in [-0.39, 0.29) is 5.91 Å². The van der Waals surface area contributed by atoms with Gasteiger partial charge in [-0.3, -0.25) is 4.79 Å². The Morgan fingerprint density at radius 3 is 2.76 bits per heavy atom. The van der Waals surface area contributed by atoms with Crippen LogP contribution in [0.3, 0.4) is 0 Å². The molecule has 6 heteroatoms. The smallest absolute Gasteiger partial charge is 0.265 e. The van der Waals surface area contributed by atoms with Gasteiger partial charge in [-0.25, -0.2) is 0 Å². The SMILES string of the molecule is CC(Oc1cccc(Cl)c1)C(=O)Nc1ccc(N)cc1Br. The minimum Gasteiger partial charge on any atom is -0.481 e. The first kappa shape index (κ1) is 15.7. The van der Waals surface area contributed by atoms with Gasteiger partial charge in [-0.15, -0.1) is 0 Å². The summed E-state index contributed by atoms with van der Waals surface area (Å²) in [6.45, 7) is 1.67. The number of nitrogens with one attached hydrogen (secondary N) is 1. The van der Waals surface area contributed by atoms with Crippen molar-refractivity contribution in [1.29, 1.82) is 0 Å². The van der Waals surface area contributed by atoms with Crippen LogP contribution in [0.1, 0.15) is 6.92 Å². The second-order valence-corrected chi connectivity index (χ2v) is 5.74. The molecule has 2 rings (SSSR count). The lowest BCUT2D eigenvalue weighted by Gasteiger charge is -2.15. The highest BCUT2D eigenvalue weighted by Crippen LogP contribution is 2.25.